The van der Waals surface area contributed by atoms with Crippen LogP contribution in [0.2, 0.25) is 18.1 Å². The van der Waals surface area contributed by atoms with Gasteiger partial charge in [0.1, 0.15) is 5.82 Å². The molecule has 1 aromatic carbocycles. The average Bonchev–Trinajstić information content (AvgIpc) is 3.39. The molecule has 202 valence electrons. The number of aromatic nitrogens is 4. The zero-order valence-corrected chi connectivity index (χ0v) is 25.0. The second kappa shape index (κ2) is 10.6. The topological polar surface area (TPSA) is 97.9 Å². The van der Waals surface area contributed by atoms with Gasteiger partial charge in [0.15, 0.2) is 8.32 Å². The van der Waals surface area contributed by atoms with Crippen LogP contribution in [-0.4, -0.2) is 48.4 Å². The van der Waals surface area contributed by atoms with Gasteiger partial charge in [-0.15, -0.1) is 0 Å². The molecule has 2 aromatic heterocycles. The van der Waals surface area contributed by atoms with Crippen molar-refractivity contribution in [3.05, 3.63) is 52.8 Å². The van der Waals surface area contributed by atoms with Crippen LogP contribution in [0.15, 0.2) is 30.5 Å². The highest BCUT2D eigenvalue weighted by Gasteiger charge is 2.42. The first-order chi connectivity index (χ1) is 17.9. The Bertz CT molecular complexity index is 1350. The van der Waals surface area contributed by atoms with Gasteiger partial charge in [0.2, 0.25) is 5.95 Å². The summed E-state index contributed by atoms with van der Waals surface area (Å²) in [5.74, 6) is 1.28. The fourth-order valence-corrected chi connectivity index (χ4v) is 5.77. The van der Waals surface area contributed by atoms with Crippen molar-refractivity contribution < 1.29 is 9.16 Å². The number of anilines is 2. The van der Waals surface area contributed by atoms with Crippen LogP contribution in [0.5, 0.6) is 0 Å². The van der Waals surface area contributed by atoms with Crippen LogP contribution in [0, 0.1) is 18.3 Å². The first kappa shape index (κ1) is 28.0. The molecule has 1 aliphatic carbocycles. The van der Waals surface area contributed by atoms with Gasteiger partial charge in [0.05, 0.1) is 36.2 Å². The first-order valence-electron chi connectivity index (χ1n) is 13.2. The van der Waals surface area contributed by atoms with E-state index in [1.54, 1.807) is 13.3 Å². The van der Waals surface area contributed by atoms with Crippen LogP contribution in [0.4, 0.5) is 11.8 Å². The Balaban J connectivity index is 1.65. The molecule has 1 atom stereocenters. The molecule has 8 nitrogen and oxygen atoms in total. The maximum Gasteiger partial charge on any atom is 0.228 e. The minimum atomic E-state index is -1.91. The largest absolute Gasteiger partial charge is 0.416 e. The molecule has 0 amide bonds. The molecule has 0 radical (unpaired) electrons. The number of aryl methyl sites for hydroxylation is 1. The zero-order chi connectivity index (χ0) is 27.7. The summed E-state index contributed by atoms with van der Waals surface area (Å²) < 4.78 is 13.8. The number of benzene rings is 1. The Hall–Kier alpha value is -3.06. The van der Waals surface area contributed by atoms with Crippen molar-refractivity contribution in [3.63, 3.8) is 0 Å². The zero-order valence-electron chi connectivity index (χ0n) is 24.0. The van der Waals surface area contributed by atoms with Crippen molar-refractivity contribution in [3.8, 4) is 17.3 Å². The van der Waals surface area contributed by atoms with Gasteiger partial charge in [0.25, 0.3) is 0 Å². The van der Waals surface area contributed by atoms with Crippen LogP contribution in [0.25, 0.3) is 11.3 Å². The lowest BCUT2D eigenvalue weighted by Gasteiger charge is -2.39. The lowest BCUT2D eigenvalue weighted by Crippen LogP contribution is -2.44. The van der Waals surface area contributed by atoms with E-state index in [4.69, 9.17) is 14.1 Å². The molecular weight excluding hydrogens is 492 g/mol. The lowest BCUT2D eigenvalue weighted by molar-refractivity contribution is 0.184. The van der Waals surface area contributed by atoms with Crippen LogP contribution in [-0.2, 0) is 27.5 Å². The van der Waals surface area contributed by atoms with Crippen molar-refractivity contribution in [1.82, 2.24) is 19.7 Å². The number of nitriles is 1. The molecule has 4 rings (SSSR count). The number of hydrogen-bond donors (Lipinski definition) is 1. The van der Waals surface area contributed by atoms with E-state index in [0.29, 0.717) is 25.7 Å². The van der Waals surface area contributed by atoms with Crippen LogP contribution in [0.3, 0.4) is 0 Å². The minimum Gasteiger partial charge on any atom is -0.416 e. The number of methoxy groups -OCH3 is 1. The summed E-state index contributed by atoms with van der Waals surface area (Å²) in [4.78, 5) is 9.25. The van der Waals surface area contributed by atoms with Crippen molar-refractivity contribution in [2.75, 3.05) is 25.6 Å². The average molecular weight is 533 g/mol. The van der Waals surface area contributed by atoms with Gasteiger partial charge in [-0.05, 0) is 67.2 Å². The second-order valence-corrected chi connectivity index (χ2v) is 16.9. The predicted molar refractivity (Wildman–Crippen MR) is 153 cm³/mol. The third kappa shape index (κ3) is 5.68. The van der Waals surface area contributed by atoms with Gasteiger partial charge in [-0.25, -0.2) is 14.6 Å². The summed E-state index contributed by atoms with van der Waals surface area (Å²) in [5, 5.41) is 18.0. The maximum absolute atomic E-state index is 10.0. The number of fused-ring (bicyclic) bond motifs is 1. The number of rotatable bonds is 9. The van der Waals surface area contributed by atoms with Crippen LogP contribution >= 0.6 is 0 Å². The standard InChI is InChI=1S/C29H40N6O2Si/c1-20-15-26(35(34-20)13-14-36-6)33-27-31-12-10-25(32-27)21-16-22(18-30)23-9-11-29(5,24(23)17-21)19-37-38(7,8)28(2,3)4/h10,12,15-17H,9,11,13-14,19H2,1-8H3,(H,31,32,33)/t29-/m0/s1. The Morgan fingerprint density at radius 2 is 2.00 bits per heavy atom. The lowest BCUT2D eigenvalue weighted by atomic mass is 9.83. The Morgan fingerprint density at radius 3 is 2.68 bits per heavy atom. The Kier molecular flexibility index (Phi) is 7.80. The molecule has 0 bridgehead atoms. The Morgan fingerprint density at radius 1 is 1.24 bits per heavy atom. The van der Waals surface area contributed by atoms with E-state index in [9.17, 15) is 5.26 Å². The fourth-order valence-electron chi connectivity index (χ4n) is 4.66. The van der Waals surface area contributed by atoms with E-state index >= 15 is 0 Å². The molecule has 0 saturated carbocycles. The van der Waals surface area contributed by atoms with E-state index in [1.165, 1.54) is 5.56 Å². The van der Waals surface area contributed by atoms with Crippen LogP contribution in [0.1, 0.15) is 56.5 Å². The van der Waals surface area contributed by atoms with Gasteiger partial charge < -0.3 is 14.5 Å². The molecule has 1 N–H and O–H groups in total. The van der Waals surface area contributed by atoms with E-state index in [2.05, 4.69) is 68.3 Å². The highest BCUT2D eigenvalue weighted by atomic mass is 28.4. The molecule has 0 saturated heterocycles. The van der Waals surface area contributed by atoms with E-state index in [1.807, 2.05) is 29.8 Å². The molecule has 1 aliphatic rings. The smallest absolute Gasteiger partial charge is 0.228 e. The normalized spacial score (nSPS) is 17.3. The molecular formula is C29H40N6O2Si. The van der Waals surface area contributed by atoms with Gasteiger partial charge in [-0.2, -0.15) is 10.4 Å². The summed E-state index contributed by atoms with van der Waals surface area (Å²) in [6.07, 6.45) is 3.60. The highest BCUT2D eigenvalue weighted by molar-refractivity contribution is 6.74. The highest BCUT2D eigenvalue weighted by Crippen LogP contribution is 2.44. The van der Waals surface area contributed by atoms with Gasteiger partial charge in [-0.3, -0.25) is 0 Å². The summed E-state index contributed by atoms with van der Waals surface area (Å²) >= 11 is 0. The molecule has 38 heavy (non-hydrogen) atoms. The van der Waals surface area contributed by atoms with Crippen molar-refractivity contribution in [2.24, 2.45) is 0 Å². The Labute approximate surface area is 227 Å². The number of nitrogens with one attached hydrogen (secondary N) is 1. The quantitative estimate of drug-likeness (QED) is 0.331. The first-order valence-corrected chi connectivity index (χ1v) is 16.1. The summed E-state index contributed by atoms with van der Waals surface area (Å²) in [7, 11) is -0.232. The third-order valence-corrected chi connectivity index (χ3v) is 12.6. The van der Waals surface area contributed by atoms with Gasteiger partial charge in [-0.1, -0.05) is 27.7 Å². The van der Waals surface area contributed by atoms with E-state index in [-0.39, 0.29) is 10.5 Å². The molecule has 0 spiro atoms. The second-order valence-electron chi connectivity index (χ2n) is 12.0. The molecule has 0 fully saturated rings. The van der Waals surface area contributed by atoms with Crippen molar-refractivity contribution in [2.45, 2.75) is 77.6 Å². The summed E-state index contributed by atoms with van der Waals surface area (Å²) in [6.45, 7) is 17.4. The molecule has 3 aromatic rings. The van der Waals surface area contributed by atoms with E-state index < -0.39 is 8.32 Å². The van der Waals surface area contributed by atoms with E-state index in [0.717, 1.165) is 46.7 Å². The SMILES string of the molecule is COCCn1nc(C)cc1Nc1nccc(-c2cc(C#N)c3c(c2)[C@](C)(CO[Si](C)(C)C(C)(C)C)CC3)n1. The van der Waals surface area contributed by atoms with Crippen molar-refractivity contribution >= 4 is 20.1 Å². The monoisotopic (exact) mass is 532 g/mol. The molecule has 0 aliphatic heterocycles. The number of nitrogens with zero attached hydrogens (tertiary/aromatic N) is 5. The molecule has 9 heteroatoms. The molecule has 0 unspecified atom stereocenters. The van der Waals surface area contributed by atoms with Crippen molar-refractivity contribution in [1.29, 1.82) is 5.26 Å². The summed E-state index contributed by atoms with van der Waals surface area (Å²) in [5.41, 5.74) is 5.49. The third-order valence-electron chi connectivity index (χ3n) is 8.11. The minimum absolute atomic E-state index is 0.145. The maximum atomic E-state index is 10.0. The van der Waals surface area contributed by atoms with Gasteiger partial charge >= 0.3 is 0 Å². The number of hydrogen-bond acceptors (Lipinski definition) is 7. The molecule has 2 heterocycles. The fraction of sp³-hybridized carbons (Fsp3) is 0.517. The summed E-state index contributed by atoms with van der Waals surface area (Å²) in [6, 6.07) is 10.5. The van der Waals surface area contributed by atoms with Crippen LogP contribution < -0.4 is 5.32 Å². The number of ether oxygens (including phenoxy) is 1. The predicted octanol–water partition coefficient (Wildman–Crippen LogP) is 6.14. The van der Waals surface area contributed by atoms with Gasteiger partial charge in [0, 0.05) is 37.0 Å².